The van der Waals surface area contributed by atoms with E-state index in [4.69, 9.17) is 9.47 Å². The molecule has 0 aromatic heterocycles. The van der Waals surface area contributed by atoms with Gasteiger partial charge in [0.2, 0.25) is 17.7 Å². The molecule has 9 N–H and O–H groups in total. The molecule has 4 fully saturated rings. The van der Waals surface area contributed by atoms with Gasteiger partial charge in [-0.15, -0.1) is 0 Å². The van der Waals surface area contributed by atoms with Crippen LogP contribution in [0.1, 0.15) is 79.3 Å². The molecule has 0 radical (unpaired) electrons. The molecule has 2 aromatic rings. The van der Waals surface area contributed by atoms with E-state index in [1.165, 1.54) is 0 Å². The molecule has 374 valence electrons. The fraction of sp³-hybridized carbons (Fsp3) is 0.542. The zero-order valence-electron chi connectivity index (χ0n) is 39.2. The van der Waals surface area contributed by atoms with E-state index >= 15 is 0 Å². The van der Waals surface area contributed by atoms with Gasteiger partial charge in [-0.1, -0.05) is 73.2 Å². The minimum absolute atomic E-state index is 0. The first-order chi connectivity index (χ1) is 33.2. The predicted octanol–water partition coefficient (Wildman–Crippen LogP) is -2.92. The Hall–Kier alpha value is -4.07. The molecule has 70 heavy (non-hydrogen) atoms. The van der Waals surface area contributed by atoms with Gasteiger partial charge in [-0.25, -0.2) is 4.79 Å². The van der Waals surface area contributed by atoms with E-state index in [9.17, 15) is 54.0 Å². The number of rotatable bonds is 26. The van der Waals surface area contributed by atoms with Gasteiger partial charge >= 0.3 is 63.4 Å². The van der Waals surface area contributed by atoms with Crippen LogP contribution in [0.25, 0.3) is 0 Å². The Morgan fingerprint density at radius 1 is 0.900 bits per heavy atom. The second-order valence-corrected chi connectivity index (χ2v) is 18.9. The minimum Gasteiger partial charge on any atom is -0.862 e. The average molecular weight is 1020 g/mol. The number of carbonyl (C=O) groups is 7. The van der Waals surface area contributed by atoms with E-state index in [0.29, 0.717) is 43.2 Å². The number of aliphatic hydroxyl groups excluding tert-OH is 2. The molecular weight excluding hydrogens is 954 g/mol. The molecule has 10 atom stereocenters. The molecule has 3 unspecified atom stereocenters. The number of carboxylic acids is 1. The summed E-state index contributed by atoms with van der Waals surface area (Å²) >= 11 is 1.79. The summed E-state index contributed by atoms with van der Waals surface area (Å²) in [6.45, 7) is -1.38. The fourth-order valence-electron chi connectivity index (χ4n) is 8.86. The second kappa shape index (κ2) is 28.8. The maximum Gasteiger partial charge on any atom is 1.00 e. The van der Waals surface area contributed by atoms with Crippen molar-refractivity contribution < 1.29 is 115 Å². The van der Waals surface area contributed by atoms with Gasteiger partial charge < -0.3 is 61.8 Å². The summed E-state index contributed by atoms with van der Waals surface area (Å²) in [6.07, 6.45) is 2.47. The number of carbonyl (C=O) groups excluding carboxylic acids is 6. The Kier molecular flexibility index (Phi) is 23.4. The van der Waals surface area contributed by atoms with Crippen molar-refractivity contribution in [2.24, 2.45) is 16.8 Å². The first-order valence-corrected chi connectivity index (χ1v) is 24.4. The van der Waals surface area contributed by atoms with E-state index in [-0.39, 0.29) is 131 Å². The van der Waals surface area contributed by atoms with Gasteiger partial charge in [-0.05, 0) is 55.9 Å². The first-order valence-electron chi connectivity index (χ1n) is 23.4. The number of ketones is 2. The van der Waals surface area contributed by atoms with Crippen LogP contribution in [0.5, 0.6) is 0 Å². The number of fused-ring (bicyclic) bond motifs is 1. The fourth-order valence-corrected chi connectivity index (χ4v) is 10.4. The molecule has 1 aliphatic carbocycles. The van der Waals surface area contributed by atoms with Crippen LogP contribution in [-0.4, -0.2) is 149 Å². The monoisotopic (exact) mass is 1020 g/mol. The number of Topliss-reactive ketones (excluding diaryl/α,β-unsaturated/α-hetero) is 1. The molecule has 22 heteroatoms. The van der Waals surface area contributed by atoms with Gasteiger partial charge in [-0.2, -0.15) is 11.8 Å². The van der Waals surface area contributed by atoms with Crippen molar-refractivity contribution in [1.29, 1.82) is 0 Å². The number of benzene rings is 2. The molecule has 1 saturated carbocycles. The van der Waals surface area contributed by atoms with Gasteiger partial charge in [0.25, 0.3) is 0 Å². The minimum atomic E-state index is -1.49. The average Bonchev–Trinajstić information content (AvgIpc) is 4.02. The molecular formula is C48H62KN7O13S. The summed E-state index contributed by atoms with van der Waals surface area (Å²) in [5, 5.41) is 60.6. The van der Waals surface area contributed by atoms with Gasteiger partial charge in [0, 0.05) is 54.0 Å². The Morgan fingerprint density at radius 3 is 2.36 bits per heavy atom. The van der Waals surface area contributed by atoms with Gasteiger partial charge in [0.05, 0.1) is 37.8 Å². The normalized spacial score (nSPS) is 26.2. The number of aliphatic carboxylic acids is 1. The summed E-state index contributed by atoms with van der Waals surface area (Å²) in [7, 11) is 0. The standard InChI is InChI=1S/C48H63N7O13S.K/c56-34-19-18-31(21-41(61)62)32(34)11-5-2-8-20-67-47-43(53-22-28-14-16-30(17-15-28)44(63)29-9-3-1-4-10-29)46(65)45(64)35(68-47)23-49-38(58)25-51-40(60)26-52-39(59)24-50-37(57)13-7-6-12-36-42-33(27-69-36)54-48(66)55-42;/h1-5,9-10,14-17,31-33,35-36,42-43,45-47,53,64-65H,6-8,11-13,18-27H2,(H,49,58)(H,50,57)(H,51,60)(H,52,59)(H,61,62)(H2,54,55,66);/q;+1/p-1/b5-2-;/t31-,32-,33?,35-,36?,42?,43-,45+,46-,47-;/m1./s1. The van der Waals surface area contributed by atoms with Crippen molar-refractivity contribution in [3.05, 3.63) is 83.4 Å². The van der Waals surface area contributed by atoms with Crippen molar-refractivity contribution in [3.8, 4) is 0 Å². The molecule has 3 saturated heterocycles. The molecule has 2 aromatic carbocycles. The number of thioether (sulfide) groups is 1. The Morgan fingerprint density at radius 2 is 1.61 bits per heavy atom. The third-order valence-corrected chi connectivity index (χ3v) is 14.2. The number of ether oxygens (including phenoxy) is 2. The molecule has 3 aliphatic heterocycles. The SMILES string of the molecule is O=C(O)C[C@H]1CCC(=O)[C@@H]1C/C=C\CCO[C@@H]1O[C@H](CNC(=O)CNC(=O)CNC(=O)CN=C([O-])CCCCC2SCC3NC(=O)NC32)[C@H](O)[C@H](O)[C@H]1NCc1ccc(C(=O)c2ccccc2)cc1.[K+]. The number of aliphatic hydroxyl groups is 2. The maximum absolute atomic E-state index is 12.9. The number of unbranched alkanes of at least 4 members (excludes halogenated alkanes) is 1. The number of amides is 5. The molecule has 3 heterocycles. The third-order valence-electron chi connectivity index (χ3n) is 12.7. The number of nitrogens with zero attached hydrogens (tertiary/aromatic N) is 1. The quantitative estimate of drug-likeness (QED) is 0.00868. The van der Waals surface area contributed by atoms with Gasteiger partial charge in [-0.3, -0.25) is 33.8 Å². The summed E-state index contributed by atoms with van der Waals surface area (Å²) in [4.78, 5) is 89.3. The van der Waals surface area contributed by atoms with Crippen molar-refractivity contribution in [1.82, 2.24) is 31.9 Å². The van der Waals surface area contributed by atoms with E-state index < -0.39 is 79.9 Å². The predicted molar refractivity (Wildman–Crippen MR) is 251 cm³/mol. The number of nitrogens with one attached hydrogen (secondary N) is 6. The summed E-state index contributed by atoms with van der Waals surface area (Å²) < 4.78 is 12.2. The Bertz CT molecular complexity index is 2170. The molecule has 4 aliphatic rings. The van der Waals surface area contributed by atoms with Crippen molar-refractivity contribution >= 4 is 58.9 Å². The van der Waals surface area contributed by atoms with Crippen LogP contribution in [0.15, 0.2) is 71.7 Å². The largest absolute Gasteiger partial charge is 1.00 e. The van der Waals surface area contributed by atoms with Crippen molar-refractivity contribution in [2.45, 2.75) is 112 Å². The smallest absolute Gasteiger partial charge is 0.862 e. The zero-order valence-corrected chi connectivity index (χ0v) is 43.2. The van der Waals surface area contributed by atoms with E-state index in [2.05, 4.69) is 36.9 Å². The van der Waals surface area contributed by atoms with Crippen molar-refractivity contribution in [2.75, 3.05) is 38.5 Å². The number of hydrogen-bond acceptors (Lipinski definition) is 15. The van der Waals surface area contributed by atoms with Crippen LogP contribution in [0.3, 0.4) is 0 Å². The van der Waals surface area contributed by atoms with Crippen LogP contribution in [0.2, 0.25) is 0 Å². The van der Waals surface area contributed by atoms with Crippen LogP contribution >= 0.6 is 11.8 Å². The number of hydrogen-bond donors (Lipinski definition) is 9. The summed E-state index contributed by atoms with van der Waals surface area (Å²) in [6, 6.07) is 14.9. The number of aliphatic imine (C=N–C) groups is 1. The molecule has 0 bridgehead atoms. The maximum atomic E-state index is 12.9. The Balaban J connectivity index is 0.00000913. The number of allylic oxidation sites excluding steroid dienone is 1. The summed E-state index contributed by atoms with van der Waals surface area (Å²) in [5.74, 6) is -3.15. The Labute approximate surface area is 453 Å². The first kappa shape index (κ1) is 56.8. The summed E-state index contributed by atoms with van der Waals surface area (Å²) in [5.41, 5.74) is 1.81. The third kappa shape index (κ3) is 17.3. The van der Waals surface area contributed by atoms with Gasteiger partial charge in [0.1, 0.15) is 30.6 Å². The molecule has 20 nitrogen and oxygen atoms in total. The van der Waals surface area contributed by atoms with Crippen LogP contribution in [0.4, 0.5) is 4.79 Å². The van der Waals surface area contributed by atoms with Gasteiger partial charge in [0.15, 0.2) is 12.1 Å². The number of carboxylic acid groups (broad SMARTS) is 1. The van der Waals surface area contributed by atoms with Crippen LogP contribution < -0.4 is 88.4 Å². The molecule has 0 spiro atoms. The van der Waals surface area contributed by atoms with E-state index in [1.807, 2.05) is 18.2 Å². The topological polar surface area (TPSA) is 306 Å². The second-order valence-electron chi connectivity index (χ2n) is 17.6. The van der Waals surface area contributed by atoms with E-state index in [1.54, 1.807) is 60.3 Å². The van der Waals surface area contributed by atoms with E-state index in [0.717, 1.165) is 24.2 Å². The van der Waals surface area contributed by atoms with Crippen LogP contribution in [-0.2, 0) is 40.0 Å². The molecule has 5 amide bonds. The number of urea groups is 1. The van der Waals surface area contributed by atoms with Crippen LogP contribution in [0, 0.1) is 11.8 Å². The zero-order chi connectivity index (χ0) is 49.3. The van der Waals surface area contributed by atoms with Crippen molar-refractivity contribution in [3.63, 3.8) is 0 Å². The molecule has 6 rings (SSSR count).